The molecule has 0 aliphatic rings. The molecule has 0 radical (unpaired) electrons. The molecule has 0 fully saturated rings. The van der Waals surface area contributed by atoms with Crippen molar-refractivity contribution in [2.45, 2.75) is 33.2 Å². The summed E-state index contributed by atoms with van der Waals surface area (Å²) in [5.74, 6) is -0.429. The van der Waals surface area contributed by atoms with Crippen LogP contribution in [0.3, 0.4) is 0 Å². The highest BCUT2D eigenvalue weighted by molar-refractivity contribution is 6.05. The van der Waals surface area contributed by atoms with E-state index in [4.69, 9.17) is 0 Å². The molecule has 0 bridgehead atoms. The van der Waals surface area contributed by atoms with E-state index in [9.17, 15) is 9.59 Å². The summed E-state index contributed by atoms with van der Waals surface area (Å²) < 4.78 is 0. The maximum Gasteiger partial charge on any atom is 0.255 e. The second kappa shape index (κ2) is 11.6. The number of anilines is 2. The van der Waals surface area contributed by atoms with Crippen molar-refractivity contribution in [1.29, 1.82) is 0 Å². The number of nitrogens with zero attached hydrogens (tertiary/aromatic N) is 2. The smallest absolute Gasteiger partial charge is 0.255 e. The molecule has 166 valence electrons. The third-order valence-electron chi connectivity index (χ3n) is 5.20. The van der Waals surface area contributed by atoms with E-state index in [0.29, 0.717) is 23.4 Å². The number of nitrogens with one attached hydrogen (secondary N) is 2. The van der Waals surface area contributed by atoms with E-state index in [-0.39, 0.29) is 11.8 Å². The molecule has 0 aliphatic heterocycles. The standard InChI is InChI=1S/C26H30N4O2/c1-3-5-17-30(4-2)24-14-12-20(13-15-24)26(32)29-22-11-8-9-21(18-22)25(31)28-19-23-10-6-7-16-27-23/h6-16,18H,3-5,17,19H2,1-2H3,(H,28,31)(H,29,32). The Kier molecular flexibility index (Phi) is 8.37. The fraction of sp³-hybridized carbons (Fsp3) is 0.269. The van der Waals surface area contributed by atoms with Gasteiger partial charge in [-0.15, -0.1) is 0 Å². The Hall–Kier alpha value is -3.67. The quantitative estimate of drug-likeness (QED) is 0.480. The van der Waals surface area contributed by atoms with E-state index in [0.717, 1.165) is 37.3 Å². The lowest BCUT2D eigenvalue weighted by atomic mass is 10.1. The lowest BCUT2D eigenvalue weighted by molar-refractivity contribution is 0.0949. The van der Waals surface area contributed by atoms with Gasteiger partial charge in [0.1, 0.15) is 0 Å². The van der Waals surface area contributed by atoms with Crippen molar-refractivity contribution in [3.63, 3.8) is 0 Å². The summed E-state index contributed by atoms with van der Waals surface area (Å²) in [6, 6.07) is 20.1. The number of hydrogen-bond acceptors (Lipinski definition) is 4. The Morgan fingerprint density at radius 2 is 1.72 bits per heavy atom. The van der Waals surface area contributed by atoms with Crippen LogP contribution in [0.1, 0.15) is 53.1 Å². The normalized spacial score (nSPS) is 10.4. The van der Waals surface area contributed by atoms with E-state index < -0.39 is 0 Å². The molecule has 2 aromatic carbocycles. The van der Waals surface area contributed by atoms with Crippen LogP contribution in [0.25, 0.3) is 0 Å². The van der Waals surface area contributed by atoms with Crippen LogP contribution in [-0.2, 0) is 6.54 Å². The lowest BCUT2D eigenvalue weighted by Crippen LogP contribution is -2.24. The molecule has 3 aromatic rings. The number of pyridine rings is 1. The van der Waals surface area contributed by atoms with Crippen molar-refractivity contribution in [3.05, 3.63) is 89.7 Å². The Balaban J connectivity index is 1.60. The highest BCUT2D eigenvalue weighted by Gasteiger charge is 2.11. The van der Waals surface area contributed by atoms with Crippen LogP contribution in [-0.4, -0.2) is 29.9 Å². The van der Waals surface area contributed by atoms with Crippen molar-refractivity contribution >= 4 is 23.2 Å². The van der Waals surface area contributed by atoms with Crippen molar-refractivity contribution in [1.82, 2.24) is 10.3 Å². The summed E-state index contributed by atoms with van der Waals surface area (Å²) in [6.07, 6.45) is 3.98. The van der Waals surface area contributed by atoms with Gasteiger partial charge in [-0.25, -0.2) is 0 Å². The van der Waals surface area contributed by atoms with E-state index >= 15 is 0 Å². The molecule has 32 heavy (non-hydrogen) atoms. The topological polar surface area (TPSA) is 74.3 Å². The monoisotopic (exact) mass is 430 g/mol. The number of aromatic nitrogens is 1. The zero-order valence-corrected chi connectivity index (χ0v) is 18.7. The molecule has 0 saturated heterocycles. The van der Waals surface area contributed by atoms with E-state index in [1.54, 1.807) is 30.5 Å². The number of rotatable bonds is 10. The predicted octanol–water partition coefficient (Wildman–Crippen LogP) is 4.89. The molecular weight excluding hydrogens is 400 g/mol. The largest absolute Gasteiger partial charge is 0.372 e. The van der Waals surface area contributed by atoms with Crippen LogP contribution in [0.2, 0.25) is 0 Å². The Morgan fingerprint density at radius 1 is 0.906 bits per heavy atom. The lowest BCUT2D eigenvalue weighted by Gasteiger charge is -2.23. The van der Waals surface area contributed by atoms with Gasteiger partial charge in [-0.2, -0.15) is 0 Å². The van der Waals surface area contributed by atoms with E-state index in [1.807, 2.05) is 42.5 Å². The Morgan fingerprint density at radius 3 is 2.41 bits per heavy atom. The van der Waals surface area contributed by atoms with E-state index in [1.165, 1.54) is 0 Å². The third kappa shape index (κ3) is 6.41. The number of carbonyl (C=O) groups excluding carboxylic acids is 2. The fourth-order valence-corrected chi connectivity index (χ4v) is 3.36. The first-order chi connectivity index (χ1) is 15.6. The first-order valence-corrected chi connectivity index (χ1v) is 11.0. The summed E-state index contributed by atoms with van der Waals surface area (Å²) in [4.78, 5) is 31.7. The maximum absolute atomic E-state index is 12.7. The first-order valence-electron chi connectivity index (χ1n) is 11.0. The summed E-state index contributed by atoms with van der Waals surface area (Å²) in [6.45, 7) is 6.60. The molecule has 0 atom stereocenters. The summed E-state index contributed by atoms with van der Waals surface area (Å²) in [5.41, 5.74) is 3.52. The molecule has 0 aliphatic carbocycles. The predicted molar refractivity (Wildman–Crippen MR) is 129 cm³/mol. The average Bonchev–Trinajstić information content (AvgIpc) is 2.84. The molecule has 2 N–H and O–H groups in total. The molecule has 6 heteroatoms. The molecular formula is C26H30N4O2. The number of amides is 2. The molecule has 1 aromatic heterocycles. The van der Waals surface area contributed by atoms with Crippen LogP contribution in [0.5, 0.6) is 0 Å². The first kappa shape index (κ1) is 23.0. The molecule has 0 unspecified atom stereocenters. The number of benzene rings is 2. The van der Waals surface area contributed by atoms with Gasteiger partial charge in [-0.05, 0) is 67.9 Å². The highest BCUT2D eigenvalue weighted by Crippen LogP contribution is 2.18. The van der Waals surface area contributed by atoms with Gasteiger partial charge in [0.15, 0.2) is 0 Å². The van der Waals surface area contributed by atoms with Crippen molar-refractivity contribution in [2.75, 3.05) is 23.3 Å². The van der Waals surface area contributed by atoms with E-state index in [2.05, 4.69) is 34.4 Å². The van der Waals surface area contributed by atoms with Gasteiger partial charge < -0.3 is 15.5 Å². The second-order valence-electron chi connectivity index (χ2n) is 7.52. The molecule has 3 rings (SSSR count). The molecule has 0 spiro atoms. The van der Waals surface area contributed by atoms with Gasteiger partial charge in [0.2, 0.25) is 0 Å². The molecule has 6 nitrogen and oxygen atoms in total. The van der Waals surface area contributed by atoms with Crippen molar-refractivity contribution < 1.29 is 9.59 Å². The second-order valence-corrected chi connectivity index (χ2v) is 7.52. The van der Waals surface area contributed by atoms with Crippen LogP contribution in [0, 0.1) is 0 Å². The van der Waals surface area contributed by atoms with Crippen LogP contribution in [0.4, 0.5) is 11.4 Å². The third-order valence-corrected chi connectivity index (χ3v) is 5.20. The number of unbranched alkanes of at least 4 members (excludes halogenated alkanes) is 1. The average molecular weight is 431 g/mol. The van der Waals surface area contributed by atoms with Gasteiger partial charge in [-0.3, -0.25) is 14.6 Å². The van der Waals surface area contributed by atoms with Gasteiger partial charge in [-0.1, -0.05) is 25.5 Å². The Bertz CT molecular complexity index is 1020. The number of carbonyl (C=O) groups is 2. The number of hydrogen-bond donors (Lipinski definition) is 2. The van der Waals surface area contributed by atoms with Crippen LogP contribution in [0.15, 0.2) is 72.9 Å². The zero-order chi connectivity index (χ0) is 22.8. The fourth-order valence-electron chi connectivity index (χ4n) is 3.36. The van der Waals surface area contributed by atoms with Crippen molar-refractivity contribution in [3.8, 4) is 0 Å². The van der Waals surface area contributed by atoms with Gasteiger partial charge >= 0.3 is 0 Å². The van der Waals surface area contributed by atoms with Gasteiger partial charge in [0.05, 0.1) is 12.2 Å². The minimum atomic E-state index is -0.220. The van der Waals surface area contributed by atoms with Crippen LogP contribution >= 0.6 is 0 Å². The van der Waals surface area contributed by atoms with Crippen molar-refractivity contribution in [2.24, 2.45) is 0 Å². The zero-order valence-electron chi connectivity index (χ0n) is 18.7. The molecule has 1 heterocycles. The summed E-state index contributed by atoms with van der Waals surface area (Å²) in [5, 5.41) is 5.72. The van der Waals surface area contributed by atoms with Gasteiger partial charge in [0.25, 0.3) is 11.8 Å². The van der Waals surface area contributed by atoms with Gasteiger partial charge in [0, 0.05) is 41.8 Å². The molecule has 0 saturated carbocycles. The molecule has 2 amide bonds. The summed E-state index contributed by atoms with van der Waals surface area (Å²) >= 11 is 0. The van der Waals surface area contributed by atoms with Crippen LogP contribution < -0.4 is 15.5 Å². The minimum Gasteiger partial charge on any atom is -0.372 e. The Labute approximate surface area is 189 Å². The maximum atomic E-state index is 12.7. The SMILES string of the molecule is CCCCN(CC)c1ccc(C(=O)Nc2cccc(C(=O)NCc3ccccn3)c2)cc1. The highest BCUT2D eigenvalue weighted by atomic mass is 16.2. The minimum absolute atomic E-state index is 0.209. The summed E-state index contributed by atoms with van der Waals surface area (Å²) in [7, 11) is 0.